The molecule has 0 aliphatic heterocycles. The Hall–Kier alpha value is -1.69. The number of nitrogens with one attached hydrogen (secondary N) is 1. The van der Waals surface area contributed by atoms with Crippen LogP contribution in [0.2, 0.25) is 0 Å². The van der Waals surface area contributed by atoms with Crippen molar-refractivity contribution in [2.24, 2.45) is 5.73 Å². The first-order valence-electron chi connectivity index (χ1n) is 7.08. The van der Waals surface area contributed by atoms with Gasteiger partial charge in [0, 0.05) is 18.2 Å². The number of hydrogen-bond acceptors (Lipinski definition) is 3. The fraction of sp³-hybridized carbons (Fsp3) is 0.533. The van der Waals surface area contributed by atoms with Gasteiger partial charge in [0.1, 0.15) is 5.75 Å². The van der Waals surface area contributed by atoms with Crippen LogP contribution in [0, 0.1) is 6.92 Å². The summed E-state index contributed by atoms with van der Waals surface area (Å²) in [5, 5.41) is 2.69. The molecule has 0 aromatic heterocycles. The summed E-state index contributed by atoms with van der Waals surface area (Å²) in [7, 11) is 0. The summed E-state index contributed by atoms with van der Waals surface area (Å²) < 4.78 is 28.9. The Labute approximate surface area is 123 Å². The normalized spacial score (nSPS) is 10.7. The van der Waals surface area contributed by atoms with Crippen molar-refractivity contribution in [2.45, 2.75) is 45.6 Å². The number of ether oxygens (including phenoxy) is 1. The lowest BCUT2D eigenvalue weighted by atomic mass is 10.1. The van der Waals surface area contributed by atoms with E-state index in [0.717, 1.165) is 25.7 Å². The van der Waals surface area contributed by atoms with Crippen LogP contribution in [0.15, 0.2) is 18.2 Å². The Kier molecular flexibility index (Phi) is 7.68. The molecule has 21 heavy (non-hydrogen) atoms. The van der Waals surface area contributed by atoms with Crippen molar-refractivity contribution >= 4 is 11.6 Å². The molecule has 1 aromatic carbocycles. The molecule has 0 saturated carbocycles. The van der Waals surface area contributed by atoms with E-state index in [9.17, 15) is 13.6 Å². The van der Waals surface area contributed by atoms with Gasteiger partial charge in [0.05, 0.1) is 0 Å². The minimum absolute atomic E-state index is 0.0748. The number of halogens is 2. The van der Waals surface area contributed by atoms with E-state index in [0.29, 0.717) is 24.2 Å². The van der Waals surface area contributed by atoms with Crippen LogP contribution in [0.3, 0.4) is 0 Å². The number of benzene rings is 1. The number of hydrogen-bond donors (Lipinski definition) is 2. The highest BCUT2D eigenvalue weighted by atomic mass is 19.3. The summed E-state index contributed by atoms with van der Waals surface area (Å²) in [6.07, 6.45) is 4.13. The molecule has 118 valence electrons. The van der Waals surface area contributed by atoms with Gasteiger partial charge in [-0.25, -0.2) is 0 Å². The van der Waals surface area contributed by atoms with Crippen LogP contribution in [0.5, 0.6) is 5.75 Å². The number of unbranched alkanes of at least 4 members (excludes halogenated alkanes) is 3. The molecular formula is C15H22F2N2O2. The molecule has 0 aliphatic rings. The maximum atomic E-state index is 12.2. The standard InChI is InChI=1S/C15H22F2N2O2/c1-11-7-8-12(10-13(11)21-15(16)17)19-14(20)6-4-2-3-5-9-18/h7-8,10,15H,2-6,9,18H2,1H3,(H,19,20). The third-order valence-corrected chi connectivity index (χ3v) is 3.05. The van der Waals surface area contributed by atoms with Crippen LogP contribution < -0.4 is 15.8 Å². The van der Waals surface area contributed by atoms with Crippen molar-refractivity contribution in [1.29, 1.82) is 0 Å². The number of carbonyl (C=O) groups is 1. The summed E-state index contributed by atoms with van der Waals surface area (Å²) in [6.45, 7) is -0.541. The van der Waals surface area contributed by atoms with Crippen molar-refractivity contribution in [1.82, 2.24) is 0 Å². The van der Waals surface area contributed by atoms with E-state index in [2.05, 4.69) is 10.1 Å². The monoisotopic (exact) mass is 300 g/mol. The lowest BCUT2D eigenvalue weighted by Gasteiger charge is -2.11. The maximum Gasteiger partial charge on any atom is 0.387 e. The zero-order chi connectivity index (χ0) is 15.7. The summed E-state index contributed by atoms with van der Waals surface area (Å²) in [5.74, 6) is -0.0552. The van der Waals surface area contributed by atoms with Crippen molar-refractivity contribution < 1.29 is 18.3 Å². The molecule has 1 aromatic rings. The van der Waals surface area contributed by atoms with E-state index in [1.807, 2.05) is 0 Å². The first-order chi connectivity index (χ1) is 10.0. The first-order valence-corrected chi connectivity index (χ1v) is 7.08. The SMILES string of the molecule is Cc1ccc(NC(=O)CCCCCCN)cc1OC(F)F. The smallest absolute Gasteiger partial charge is 0.387 e. The minimum atomic E-state index is -2.88. The molecule has 6 heteroatoms. The van der Waals surface area contributed by atoms with Gasteiger partial charge in [0.15, 0.2) is 0 Å². The summed E-state index contributed by atoms with van der Waals surface area (Å²) in [6, 6.07) is 4.71. The molecule has 0 aliphatic carbocycles. The van der Waals surface area contributed by atoms with Gasteiger partial charge in [-0.1, -0.05) is 18.9 Å². The van der Waals surface area contributed by atoms with Crippen molar-refractivity contribution in [2.75, 3.05) is 11.9 Å². The van der Waals surface area contributed by atoms with Gasteiger partial charge >= 0.3 is 6.61 Å². The Bertz CT molecular complexity index is 453. The number of carbonyl (C=O) groups excluding carboxylic acids is 1. The van der Waals surface area contributed by atoms with E-state index >= 15 is 0 Å². The number of anilines is 1. The lowest BCUT2D eigenvalue weighted by Crippen LogP contribution is -2.12. The fourth-order valence-electron chi connectivity index (χ4n) is 1.91. The number of alkyl halides is 2. The first kappa shape index (κ1) is 17.4. The van der Waals surface area contributed by atoms with Crippen LogP contribution in [0.1, 0.15) is 37.7 Å². The third kappa shape index (κ3) is 7.04. The zero-order valence-electron chi connectivity index (χ0n) is 12.2. The van der Waals surface area contributed by atoms with Gasteiger partial charge in [0.2, 0.25) is 5.91 Å². The Morgan fingerprint density at radius 1 is 1.29 bits per heavy atom. The van der Waals surface area contributed by atoms with Crippen LogP contribution in [0.25, 0.3) is 0 Å². The van der Waals surface area contributed by atoms with Crippen LogP contribution in [-0.4, -0.2) is 19.1 Å². The fourth-order valence-corrected chi connectivity index (χ4v) is 1.91. The van der Waals surface area contributed by atoms with E-state index < -0.39 is 6.61 Å². The van der Waals surface area contributed by atoms with Crippen molar-refractivity contribution in [3.63, 3.8) is 0 Å². The molecular weight excluding hydrogens is 278 g/mol. The number of aryl methyl sites for hydroxylation is 1. The Balaban J connectivity index is 2.45. The Morgan fingerprint density at radius 3 is 2.67 bits per heavy atom. The molecule has 0 bridgehead atoms. The molecule has 4 nitrogen and oxygen atoms in total. The minimum Gasteiger partial charge on any atom is -0.434 e. The van der Waals surface area contributed by atoms with Gasteiger partial charge in [-0.15, -0.1) is 0 Å². The van der Waals surface area contributed by atoms with Crippen LogP contribution in [-0.2, 0) is 4.79 Å². The molecule has 0 saturated heterocycles. The van der Waals surface area contributed by atoms with Gasteiger partial charge in [-0.2, -0.15) is 8.78 Å². The number of amides is 1. The van der Waals surface area contributed by atoms with Gasteiger partial charge in [-0.3, -0.25) is 4.79 Å². The highest BCUT2D eigenvalue weighted by Gasteiger charge is 2.09. The van der Waals surface area contributed by atoms with Gasteiger partial charge in [0.25, 0.3) is 0 Å². The molecule has 1 amide bonds. The molecule has 1 rings (SSSR count). The summed E-state index contributed by atoms with van der Waals surface area (Å²) in [4.78, 5) is 11.7. The van der Waals surface area contributed by atoms with Crippen molar-refractivity contribution in [3.8, 4) is 5.75 Å². The van der Waals surface area contributed by atoms with E-state index in [1.54, 1.807) is 19.1 Å². The highest BCUT2D eigenvalue weighted by Crippen LogP contribution is 2.24. The predicted molar refractivity (Wildman–Crippen MR) is 78.6 cm³/mol. The Morgan fingerprint density at radius 2 is 2.00 bits per heavy atom. The van der Waals surface area contributed by atoms with E-state index in [1.165, 1.54) is 6.07 Å². The molecule has 0 heterocycles. The average molecular weight is 300 g/mol. The molecule has 0 radical (unpaired) electrons. The zero-order valence-corrected chi connectivity index (χ0v) is 12.2. The second kappa shape index (κ2) is 9.28. The molecule has 0 unspecified atom stereocenters. The number of nitrogens with two attached hydrogens (primary N) is 1. The maximum absolute atomic E-state index is 12.2. The highest BCUT2D eigenvalue weighted by molar-refractivity contribution is 5.90. The summed E-state index contributed by atoms with van der Waals surface area (Å²) in [5.41, 5.74) is 6.44. The van der Waals surface area contributed by atoms with Crippen molar-refractivity contribution in [3.05, 3.63) is 23.8 Å². The largest absolute Gasteiger partial charge is 0.434 e. The molecule has 3 N–H and O–H groups in total. The van der Waals surface area contributed by atoms with E-state index in [4.69, 9.17) is 5.73 Å². The molecule has 0 fully saturated rings. The summed E-state index contributed by atoms with van der Waals surface area (Å²) >= 11 is 0. The van der Waals surface area contributed by atoms with Gasteiger partial charge in [-0.05, 0) is 37.9 Å². The second-order valence-corrected chi connectivity index (χ2v) is 4.86. The molecule has 0 spiro atoms. The topological polar surface area (TPSA) is 64.4 Å². The quantitative estimate of drug-likeness (QED) is 0.687. The third-order valence-electron chi connectivity index (χ3n) is 3.05. The predicted octanol–water partition coefficient (Wildman–Crippen LogP) is 3.44. The van der Waals surface area contributed by atoms with E-state index in [-0.39, 0.29) is 11.7 Å². The van der Waals surface area contributed by atoms with Crippen LogP contribution >= 0.6 is 0 Å². The second-order valence-electron chi connectivity index (χ2n) is 4.86. The molecule has 0 atom stereocenters. The van der Waals surface area contributed by atoms with Gasteiger partial charge < -0.3 is 15.8 Å². The van der Waals surface area contributed by atoms with Crippen LogP contribution in [0.4, 0.5) is 14.5 Å². The lowest BCUT2D eigenvalue weighted by molar-refractivity contribution is -0.116. The average Bonchev–Trinajstić information content (AvgIpc) is 2.42. The number of rotatable bonds is 9.